The van der Waals surface area contributed by atoms with Crippen LogP contribution in [0.25, 0.3) is 10.2 Å². The van der Waals surface area contributed by atoms with Crippen LogP contribution in [0.4, 0.5) is 4.79 Å². The second-order valence-corrected chi connectivity index (χ2v) is 8.08. The van der Waals surface area contributed by atoms with Gasteiger partial charge in [0.05, 0.1) is 5.75 Å². The van der Waals surface area contributed by atoms with Crippen LogP contribution in [0.2, 0.25) is 0 Å². The molecule has 24 heavy (non-hydrogen) atoms. The van der Waals surface area contributed by atoms with Crippen molar-refractivity contribution >= 4 is 45.3 Å². The highest BCUT2D eigenvalue weighted by molar-refractivity contribution is 8.00. The first-order valence-electron chi connectivity index (χ1n) is 8.13. The van der Waals surface area contributed by atoms with E-state index >= 15 is 0 Å². The number of carbonyl (C=O) groups is 2. The molecule has 1 fully saturated rings. The van der Waals surface area contributed by atoms with Gasteiger partial charge in [0.25, 0.3) is 0 Å². The number of thiophene rings is 1. The summed E-state index contributed by atoms with van der Waals surface area (Å²) < 4.78 is 0. The van der Waals surface area contributed by atoms with E-state index in [9.17, 15) is 9.59 Å². The number of thioether (sulfide) groups is 1. The van der Waals surface area contributed by atoms with Gasteiger partial charge in [-0.1, -0.05) is 11.8 Å². The Morgan fingerprint density at radius 2 is 2.17 bits per heavy atom. The number of hydrogen-bond acceptors (Lipinski definition) is 6. The molecule has 126 valence electrons. The Kier molecular flexibility index (Phi) is 4.17. The number of fused-ring (bicyclic) bond motifs is 3. The number of aryl methyl sites for hydroxylation is 3. The third-order valence-electron chi connectivity index (χ3n) is 4.38. The Balaban J connectivity index is 1.62. The van der Waals surface area contributed by atoms with Crippen molar-refractivity contribution in [1.82, 2.24) is 20.2 Å². The van der Waals surface area contributed by atoms with E-state index in [-0.39, 0.29) is 17.7 Å². The fraction of sp³-hybridized carbons (Fsp3) is 0.500. The average molecular weight is 362 g/mol. The van der Waals surface area contributed by atoms with Gasteiger partial charge in [-0.15, -0.1) is 11.3 Å². The van der Waals surface area contributed by atoms with Crippen molar-refractivity contribution in [1.29, 1.82) is 0 Å². The second kappa shape index (κ2) is 6.33. The molecule has 2 aliphatic rings. The van der Waals surface area contributed by atoms with Crippen molar-refractivity contribution in [3.63, 3.8) is 0 Å². The van der Waals surface area contributed by atoms with E-state index in [0.717, 1.165) is 33.9 Å². The summed E-state index contributed by atoms with van der Waals surface area (Å²) in [5.41, 5.74) is 1.37. The van der Waals surface area contributed by atoms with Crippen molar-refractivity contribution in [2.45, 2.75) is 37.6 Å². The van der Waals surface area contributed by atoms with Gasteiger partial charge in [0.1, 0.15) is 15.7 Å². The molecule has 1 aliphatic carbocycles. The largest absolute Gasteiger partial charge is 0.336 e. The van der Waals surface area contributed by atoms with Crippen molar-refractivity contribution in [3.05, 3.63) is 16.3 Å². The number of aromatic nitrogens is 2. The molecule has 0 bridgehead atoms. The van der Waals surface area contributed by atoms with Gasteiger partial charge < -0.3 is 5.32 Å². The molecule has 8 heteroatoms. The summed E-state index contributed by atoms with van der Waals surface area (Å²) in [6.45, 7) is 2.87. The Hall–Kier alpha value is -1.67. The summed E-state index contributed by atoms with van der Waals surface area (Å²) in [5, 5.41) is 4.67. The van der Waals surface area contributed by atoms with E-state index in [1.807, 2.05) is 6.92 Å². The van der Waals surface area contributed by atoms with Gasteiger partial charge in [-0.25, -0.2) is 14.8 Å². The zero-order valence-electron chi connectivity index (χ0n) is 13.4. The monoisotopic (exact) mass is 362 g/mol. The quantitative estimate of drug-likeness (QED) is 0.671. The Labute approximate surface area is 148 Å². The number of nitrogens with zero attached hydrogens (tertiary/aromatic N) is 3. The molecule has 2 aromatic heterocycles. The molecule has 2 aromatic rings. The molecule has 1 N–H and O–H groups in total. The SMILES string of the molecule is Cc1nc(SCC(=O)N2CCNC2=O)c2c3c(sc2n1)CCCC3. The lowest BCUT2D eigenvalue weighted by molar-refractivity contribution is -0.124. The standard InChI is InChI=1S/C16H18N4O2S2/c1-9-18-14(23-8-12(21)20-7-6-17-16(20)22)13-10-4-2-3-5-11(10)24-15(13)19-9/h2-8H2,1H3,(H,17,22). The molecule has 6 nitrogen and oxygen atoms in total. The fourth-order valence-corrected chi connectivity index (χ4v) is 5.60. The minimum Gasteiger partial charge on any atom is -0.336 e. The van der Waals surface area contributed by atoms with Crippen molar-refractivity contribution in [2.24, 2.45) is 0 Å². The molecule has 3 heterocycles. The molecule has 1 saturated heterocycles. The molecule has 4 rings (SSSR count). The predicted molar refractivity (Wildman–Crippen MR) is 94.6 cm³/mol. The summed E-state index contributed by atoms with van der Waals surface area (Å²) in [6.07, 6.45) is 4.62. The Bertz CT molecular complexity index is 833. The first kappa shape index (κ1) is 15.8. The van der Waals surface area contributed by atoms with Crippen LogP contribution in [0.15, 0.2) is 5.03 Å². The van der Waals surface area contributed by atoms with Gasteiger partial charge in [0, 0.05) is 23.4 Å². The maximum atomic E-state index is 12.3. The summed E-state index contributed by atoms with van der Waals surface area (Å²) >= 11 is 3.19. The number of hydrogen-bond donors (Lipinski definition) is 1. The van der Waals surface area contributed by atoms with Crippen LogP contribution in [-0.2, 0) is 17.6 Å². The molecule has 0 aromatic carbocycles. The van der Waals surface area contributed by atoms with Crippen molar-refractivity contribution < 1.29 is 9.59 Å². The summed E-state index contributed by atoms with van der Waals surface area (Å²) in [4.78, 5) is 36.8. The van der Waals surface area contributed by atoms with E-state index in [1.165, 1.54) is 39.9 Å². The normalized spacial score (nSPS) is 17.2. The molecule has 3 amide bonds. The van der Waals surface area contributed by atoms with Gasteiger partial charge in [0.2, 0.25) is 5.91 Å². The first-order chi connectivity index (χ1) is 11.6. The first-order valence-corrected chi connectivity index (χ1v) is 9.93. The third kappa shape index (κ3) is 2.77. The molecule has 0 spiro atoms. The summed E-state index contributed by atoms with van der Waals surface area (Å²) in [5.74, 6) is 0.794. The van der Waals surface area contributed by atoms with Gasteiger partial charge in [-0.05, 0) is 38.2 Å². The van der Waals surface area contributed by atoms with Crippen LogP contribution in [0.3, 0.4) is 0 Å². The summed E-state index contributed by atoms with van der Waals surface area (Å²) in [7, 11) is 0. The number of imide groups is 1. The smallest absolute Gasteiger partial charge is 0.324 e. The highest BCUT2D eigenvalue weighted by atomic mass is 32.2. The lowest BCUT2D eigenvalue weighted by Gasteiger charge is -2.13. The number of nitrogens with one attached hydrogen (secondary N) is 1. The van der Waals surface area contributed by atoms with Crippen molar-refractivity contribution in [3.8, 4) is 0 Å². The minimum absolute atomic E-state index is 0.163. The maximum Gasteiger partial charge on any atom is 0.324 e. The van der Waals surface area contributed by atoms with E-state index < -0.39 is 0 Å². The van der Waals surface area contributed by atoms with Crippen molar-refractivity contribution in [2.75, 3.05) is 18.8 Å². The molecular formula is C16H18N4O2S2. The highest BCUT2D eigenvalue weighted by Gasteiger charge is 2.27. The second-order valence-electron chi connectivity index (χ2n) is 6.03. The van der Waals surface area contributed by atoms with Gasteiger partial charge in [-0.2, -0.15) is 0 Å². The van der Waals surface area contributed by atoms with Crippen LogP contribution < -0.4 is 5.32 Å². The number of carbonyl (C=O) groups excluding carboxylic acids is 2. The highest BCUT2D eigenvalue weighted by Crippen LogP contribution is 2.39. The molecule has 0 unspecified atom stereocenters. The Morgan fingerprint density at radius 3 is 2.96 bits per heavy atom. The number of rotatable bonds is 3. The summed E-state index contributed by atoms with van der Waals surface area (Å²) in [6, 6.07) is -0.294. The molecule has 0 saturated carbocycles. The number of amides is 3. The zero-order chi connectivity index (χ0) is 16.7. The topological polar surface area (TPSA) is 75.2 Å². The van der Waals surface area contributed by atoms with Crippen LogP contribution in [0.1, 0.15) is 29.1 Å². The Morgan fingerprint density at radius 1 is 1.33 bits per heavy atom. The van der Waals surface area contributed by atoms with Crippen LogP contribution in [-0.4, -0.2) is 45.6 Å². The fourth-order valence-electron chi connectivity index (χ4n) is 3.25. The lowest BCUT2D eigenvalue weighted by atomic mass is 9.97. The van der Waals surface area contributed by atoms with E-state index in [0.29, 0.717) is 13.1 Å². The number of urea groups is 1. The van der Waals surface area contributed by atoms with E-state index in [2.05, 4.69) is 15.3 Å². The lowest BCUT2D eigenvalue weighted by Crippen LogP contribution is -2.35. The maximum absolute atomic E-state index is 12.3. The van der Waals surface area contributed by atoms with Crippen LogP contribution in [0.5, 0.6) is 0 Å². The molecule has 1 aliphatic heterocycles. The van der Waals surface area contributed by atoms with E-state index in [4.69, 9.17) is 0 Å². The predicted octanol–water partition coefficient (Wildman–Crippen LogP) is 2.52. The zero-order valence-corrected chi connectivity index (χ0v) is 15.1. The van der Waals surface area contributed by atoms with Gasteiger partial charge in [0.15, 0.2) is 0 Å². The van der Waals surface area contributed by atoms with Gasteiger partial charge in [-0.3, -0.25) is 9.69 Å². The average Bonchev–Trinajstić information content (AvgIpc) is 3.15. The molecule has 0 atom stereocenters. The molecular weight excluding hydrogens is 344 g/mol. The minimum atomic E-state index is -0.294. The van der Waals surface area contributed by atoms with Crippen LogP contribution in [0, 0.1) is 6.92 Å². The van der Waals surface area contributed by atoms with Crippen LogP contribution >= 0.6 is 23.1 Å². The van der Waals surface area contributed by atoms with Gasteiger partial charge >= 0.3 is 6.03 Å². The third-order valence-corrected chi connectivity index (χ3v) is 6.53. The molecule has 0 radical (unpaired) electrons. The van der Waals surface area contributed by atoms with E-state index in [1.54, 1.807) is 11.3 Å².